The van der Waals surface area contributed by atoms with Crippen molar-refractivity contribution < 1.29 is 19.4 Å². The Morgan fingerprint density at radius 1 is 1.33 bits per heavy atom. The normalized spacial score (nSPS) is 12.2. The van der Waals surface area contributed by atoms with Crippen LogP contribution in [0, 0.1) is 0 Å². The van der Waals surface area contributed by atoms with Crippen molar-refractivity contribution in [2.75, 3.05) is 20.3 Å². The van der Waals surface area contributed by atoms with Gasteiger partial charge in [0.2, 0.25) is 0 Å². The number of methoxy groups -OCH3 is 1. The van der Waals surface area contributed by atoms with E-state index in [9.17, 15) is 9.90 Å². The Bertz CT molecular complexity index is 434. The van der Waals surface area contributed by atoms with E-state index in [0.717, 1.165) is 11.8 Å². The second-order valence-electron chi connectivity index (χ2n) is 5.22. The van der Waals surface area contributed by atoms with Crippen LogP contribution in [0.25, 0.3) is 0 Å². The first kappa shape index (κ1) is 17.5. The van der Waals surface area contributed by atoms with E-state index < -0.39 is 6.10 Å². The fraction of sp³-hybridized carbons (Fsp3) is 0.562. The zero-order valence-corrected chi connectivity index (χ0v) is 13.0. The fourth-order valence-electron chi connectivity index (χ4n) is 1.83. The van der Waals surface area contributed by atoms with E-state index in [1.165, 1.54) is 0 Å². The fourth-order valence-corrected chi connectivity index (χ4v) is 1.83. The summed E-state index contributed by atoms with van der Waals surface area (Å²) in [4.78, 5) is 10.4. The van der Waals surface area contributed by atoms with Gasteiger partial charge in [0.05, 0.1) is 7.11 Å². The van der Waals surface area contributed by atoms with Gasteiger partial charge < -0.3 is 24.7 Å². The maximum Gasteiger partial charge on any atom is 0.161 e. The number of benzene rings is 1. The van der Waals surface area contributed by atoms with Crippen LogP contribution in [0.5, 0.6) is 11.5 Å². The van der Waals surface area contributed by atoms with Gasteiger partial charge in [0.1, 0.15) is 19.0 Å². The predicted octanol–water partition coefficient (Wildman–Crippen LogP) is 1.56. The second-order valence-corrected chi connectivity index (χ2v) is 5.22. The molecule has 0 aliphatic carbocycles. The molecule has 0 aliphatic heterocycles. The minimum Gasteiger partial charge on any atom is -0.493 e. The van der Waals surface area contributed by atoms with Gasteiger partial charge in [-0.25, -0.2) is 0 Å². The third kappa shape index (κ3) is 6.60. The lowest BCUT2D eigenvalue weighted by Gasteiger charge is -2.16. The van der Waals surface area contributed by atoms with Crippen LogP contribution in [-0.4, -0.2) is 43.8 Å². The highest BCUT2D eigenvalue weighted by Crippen LogP contribution is 2.28. The van der Waals surface area contributed by atoms with Crippen LogP contribution in [0.15, 0.2) is 18.2 Å². The number of nitrogens with one attached hydrogen (secondary N) is 1. The number of hydrogen-bond acceptors (Lipinski definition) is 5. The Balaban J connectivity index is 2.55. The number of rotatable bonds is 10. The molecular weight excluding hydrogens is 270 g/mol. The van der Waals surface area contributed by atoms with E-state index in [1.807, 2.05) is 32.0 Å². The molecule has 0 aliphatic rings. The van der Waals surface area contributed by atoms with Gasteiger partial charge in [-0.1, -0.05) is 19.9 Å². The summed E-state index contributed by atoms with van der Waals surface area (Å²) in [5.74, 6) is 1.21. The number of aldehydes is 1. The van der Waals surface area contributed by atoms with Crippen LogP contribution in [0.1, 0.15) is 25.8 Å². The predicted molar refractivity (Wildman–Crippen MR) is 82.0 cm³/mol. The van der Waals surface area contributed by atoms with Crippen molar-refractivity contribution in [2.24, 2.45) is 0 Å². The summed E-state index contributed by atoms with van der Waals surface area (Å²) in [7, 11) is 1.57. The summed E-state index contributed by atoms with van der Waals surface area (Å²) >= 11 is 0. The van der Waals surface area contributed by atoms with Crippen LogP contribution >= 0.6 is 0 Å². The Kier molecular flexibility index (Phi) is 7.79. The molecule has 5 heteroatoms. The van der Waals surface area contributed by atoms with E-state index in [4.69, 9.17) is 9.47 Å². The van der Waals surface area contributed by atoms with E-state index in [2.05, 4.69) is 5.32 Å². The first-order valence-corrected chi connectivity index (χ1v) is 7.21. The van der Waals surface area contributed by atoms with E-state index in [-0.39, 0.29) is 6.61 Å². The molecule has 0 unspecified atom stereocenters. The average Bonchev–Trinajstić information content (AvgIpc) is 2.49. The van der Waals surface area contributed by atoms with E-state index in [1.54, 1.807) is 7.11 Å². The van der Waals surface area contributed by atoms with Gasteiger partial charge in [-0.2, -0.15) is 0 Å². The number of ether oxygens (including phenoxy) is 2. The quantitative estimate of drug-likeness (QED) is 0.641. The maximum atomic E-state index is 10.4. The molecular formula is C16H25NO4. The Hall–Kier alpha value is -1.59. The summed E-state index contributed by atoms with van der Waals surface area (Å²) in [6, 6.07) is 5.89. The van der Waals surface area contributed by atoms with Crippen LogP contribution < -0.4 is 14.8 Å². The van der Waals surface area contributed by atoms with Crippen LogP contribution in [0.2, 0.25) is 0 Å². The molecule has 1 atom stereocenters. The van der Waals surface area contributed by atoms with Crippen molar-refractivity contribution in [3.8, 4) is 11.5 Å². The minimum atomic E-state index is -0.577. The number of carbonyl (C=O) groups excluding carboxylic acids is 1. The van der Waals surface area contributed by atoms with Crippen molar-refractivity contribution in [1.82, 2.24) is 5.32 Å². The summed E-state index contributed by atoms with van der Waals surface area (Å²) < 4.78 is 10.9. The van der Waals surface area contributed by atoms with Crippen molar-refractivity contribution >= 4 is 6.29 Å². The maximum absolute atomic E-state index is 10.4. The van der Waals surface area contributed by atoms with Gasteiger partial charge in [-0.15, -0.1) is 0 Å². The van der Waals surface area contributed by atoms with Crippen molar-refractivity contribution in [1.29, 1.82) is 0 Å². The third-order valence-electron chi connectivity index (χ3n) is 2.97. The molecule has 5 nitrogen and oxygen atoms in total. The number of hydrogen-bond donors (Lipinski definition) is 2. The van der Waals surface area contributed by atoms with Gasteiger partial charge >= 0.3 is 0 Å². The SMILES string of the molecule is COc1cc(CCC=O)ccc1OC[C@H](O)CNC(C)C. The highest BCUT2D eigenvalue weighted by molar-refractivity contribution is 5.51. The second kappa shape index (κ2) is 9.37. The van der Waals surface area contributed by atoms with Crippen molar-refractivity contribution in [2.45, 2.75) is 38.8 Å². The number of carbonyl (C=O) groups is 1. The lowest BCUT2D eigenvalue weighted by atomic mass is 10.1. The van der Waals surface area contributed by atoms with Gasteiger partial charge in [0.15, 0.2) is 11.5 Å². The highest BCUT2D eigenvalue weighted by atomic mass is 16.5. The third-order valence-corrected chi connectivity index (χ3v) is 2.97. The molecule has 0 aromatic heterocycles. The summed E-state index contributed by atoms with van der Waals surface area (Å²) in [6.45, 7) is 4.73. The molecule has 0 fully saturated rings. The number of aryl methyl sites for hydroxylation is 1. The molecule has 0 saturated carbocycles. The molecule has 0 spiro atoms. The molecule has 0 heterocycles. The zero-order chi connectivity index (χ0) is 15.7. The molecule has 21 heavy (non-hydrogen) atoms. The van der Waals surface area contributed by atoms with E-state index in [0.29, 0.717) is 36.9 Å². The van der Waals surface area contributed by atoms with Crippen molar-refractivity contribution in [3.05, 3.63) is 23.8 Å². The zero-order valence-electron chi connectivity index (χ0n) is 13.0. The van der Waals surface area contributed by atoms with Crippen LogP contribution in [0.4, 0.5) is 0 Å². The van der Waals surface area contributed by atoms with Gasteiger partial charge in [-0.05, 0) is 24.1 Å². The van der Waals surface area contributed by atoms with Crippen LogP contribution in [0.3, 0.4) is 0 Å². The van der Waals surface area contributed by atoms with Crippen molar-refractivity contribution in [3.63, 3.8) is 0 Å². The molecule has 0 amide bonds. The first-order valence-electron chi connectivity index (χ1n) is 7.21. The standard InChI is InChI=1S/C16H25NO4/c1-12(2)17-10-14(19)11-21-15-7-6-13(5-4-8-18)9-16(15)20-3/h6-9,12,14,17,19H,4-5,10-11H2,1-3H3/t14-/m1/s1. The largest absolute Gasteiger partial charge is 0.493 e. The lowest BCUT2D eigenvalue weighted by molar-refractivity contribution is -0.107. The number of aliphatic hydroxyl groups excluding tert-OH is 1. The molecule has 0 radical (unpaired) electrons. The Morgan fingerprint density at radius 2 is 2.10 bits per heavy atom. The van der Waals surface area contributed by atoms with E-state index >= 15 is 0 Å². The summed E-state index contributed by atoms with van der Waals surface area (Å²) in [5.41, 5.74) is 1.02. The number of aliphatic hydroxyl groups is 1. The monoisotopic (exact) mass is 295 g/mol. The smallest absolute Gasteiger partial charge is 0.161 e. The van der Waals surface area contributed by atoms with Crippen LogP contribution in [-0.2, 0) is 11.2 Å². The topological polar surface area (TPSA) is 67.8 Å². The molecule has 118 valence electrons. The van der Waals surface area contributed by atoms with Gasteiger partial charge in [0.25, 0.3) is 0 Å². The summed E-state index contributed by atoms with van der Waals surface area (Å²) in [6.07, 6.45) is 1.49. The minimum absolute atomic E-state index is 0.198. The molecule has 1 rings (SSSR count). The first-order chi connectivity index (χ1) is 10.1. The molecule has 1 aromatic carbocycles. The van der Waals surface area contributed by atoms with Gasteiger partial charge in [-0.3, -0.25) is 0 Å². The molecule has 1 aromatic rings. The summed E-state index contributed by atoms with van der Waals surface area (Å²) in [5, 5.41) is 13.0. The molecule has 0 saturated heterocycles. The highest BCUT2D eigenvalue weighted by Gasteiger charge is 2.10. The Labute approximate surface area is 126 Å². The molecule has 0 bridgehead atoms. The Morgan fingerprint density at radius 3 is 2.71 bits per heavy atom. The lowest BCUT2D eigenvalue weighted by Crippen LogP contribution is -2.35. The average molecular weight is 295 g/mol. The molecule has 2 N–H and O–H groups in total. The van der Waals surface area contributed by atoms with Gasteiger partial charge in [0, 0.05) is 19.0 Å².